The summed E-state index contributed by atoms with van der Waals surface area (Å²) >= 11 is 0. The maximum absolute atomic E-state index is 13.5. The summed E-state index contributed by atoms with van der Waals surface area (Å²) in [7, 11) is 0. The highest BCUT2D eigenvalue weighted by Crippen LogP contribution is 2.31. The van der Waals surface area contributed by atoms with E-state index in [1.165, 1.54) is 4.90 Å². The normalized spacial score (nSPS) is 17.5. The zero-order valence-corrected chi connectivity index (χ0v) is 23.8. The van der Waals surface area contributed by atoms with Crippen molar-refractivity contribution in [3.05, 3.63) is 84.2 Å². The predicted octanol–water partition coefficient (Wildman–Crippen LogP) is 4.08. The molecule has 2 aromatic carbocycles. The molecule has 212 valence electrons. The average Bonchev–Trinajstić information content (AvgIpc) is 3.56. The second-order valence-corrected chi connectivity index (χ2v) is 10.8. The van der Waals surface area contributed by atoms with Crippen LogP contribution in [0.5, 0.6) is 0 Å². The molecule has 2 N–H and O–H groups in total. The van der Waals surface area contributed by atoms with Crippen molar-refractivity contribution in [2.75, 3.05) is 19.6 Å². The molecule has 2 aliphatic heterocycles. The molecule has 0 bridgehead atoms. The van der Waals surface area contributed by atoms with Crippen LogP contribution in [0.15, 0.2) is 73.1 Å². The van der Waals surface area contributed by atoms with Crippen LogP contribution in [-0.4, -0.2) is 62.6 Å². The largest absolute Gasteiger partial charge is 0.349 e. The molecule has 2 saturated heterocycles. The maximum atomic E-state index is 13.5. The third-order valence-electron chi connectivity index (χ3n) is 7.78. The smallest absolute Gasteiger partial charge is 0.325 e. The number of imide groups is 1. The minimum Gasteiger partial charge on any atom is -0.349 e. The van der Waals surface area contributed by atoms with Gasteiger partial charge in [0.05, 0.1) is 18.3 Å². The fraction of sp³-hybridized carbons (Fsp3) is 0.400. The third-order valence-corrected chi connectivity index (χ3v) is 7.78. The van der Waals surface area contributed by atoms with Gasteiger partial charge < -0.3 is 15.5 Å². The highest BCUT2D eigenvalue weighted by atomic mass is 35.5. The molecule has 4 amide bonds. The van der Waals surface area contributed by atoms with E-state index in [-0.39, 0.29) is 48.8 Å². The molecule has 0 radical (unpaired) electrons. The first-order chi connectivity index (χ1) is 18.8. The summed E-state index contributed by atoms with van der Waals surface area (Å²) in [6.45, 7) is 6.24. The van der Waals surface area contributed by atoms with Gasteiger partial charge in [-0.25, -0.2) is 9.48 Å². The van der Waals surface area contributed by atoms with E-state index in [1.54, 1.807) is 10.9 Å². The number of urea groups is 1. The van der Waals surface area contributed by atoms with Gasteiger partial charge in [0.25, 0.3) is 5.91 Å². The topological polar surface area (TPSA) is 99.6 Å². The van der Waals surface area contributed by atoms with Gasteiger partial charge in [-0.3, -0.25) is 14.5 Å². The van der Waals surface area contributed by atoms with E-state index in [2.05, 4.69) is 20.6 Å². The van der Waals surface area contributed by atoms with Crippen molar-refractivity contribution in [2.45, 2.75) is 51.2 Å². The van der Waals surface area contributed by atoms with Crippen LogP contribution in [0, 0.1) is 5.92 Å². The molecular weight excluding hydrogens is 528 g/mol. The summed E-state index contributed by atoms with van der Waals surface area (Å²) in [6.07, 6.45) is 5.50. The predicted molar refractivity (Wildman–Crippen MR) is 155 cm³/mol. The van der Waals surface area contributed by atoms with Crippen molar-refractivity contribution < 1.29 is 14.4 Å². The zero-order chi connectivity index (χ0) is 27.4. The van der Waals surface area contributed by atoms with Crippen LogP contribution in [0.3, 0.4) is 0 Å². The second kappa shape index (κ2) is 12.7. The molecule has 3 aromatic rings. The standard InChI is InChI=1S/C30H36N6O3.ClH/c1-22(2)27(37)32-26(24-7-4-3-5-8-24)13-18-34-19-14-30(15-20-34)28(38)35(29(39)33-30)21-23-9-11-25(12-10-23)36-17-6-16-31-36;/h3-12,16-17,22,26H,13-15,18-21H2,1-2H3,(H,32,37)(H,33,39);1H/t26-;/m0./s1. The van der Waals surface area contributed by atoms with Crippen LogP contribution in [0.2, 0.25) is 0 Å². The molecule has 0 unspecified atom stereocenters. The van der Waals surface area contributed by atoms with Gasteiger partial charge in [0.15, 0.2) is 0 Å². The van der Waals surface area contributed by atoms with Gasteiger partial charge in [-0.15, -0.1) is 12.4 Å². The number of nitrogens with zero attached hydrogens (tertiary/aromatic N) is 4. The van der Waals surface area contributed by atoms with Crippen molar-refractivity contribution in [2.24, 2.45) is 5.92 Å². The molecule has 2 aliphatic rings. The Labute approximate surface area is 241 Å². The molecule has 5 rings (SSSR count). The Morgan fingerprint density at radius 2 is 1.73 bits per heavy atom. The molecule has 40 heavy (non-hydrogen) atoms. The number of benzene rings is 2. The lowest BCUT2D eigenvalue weighted by Crippen LogP contribution is -2.55. The van der Waals surface area contributed by atoms with E-state index in [0.717, 1.165) is 29.8 Å². The van der Waals surface area contributed by atoms with E-state index in [4.69, 9.17) is 0 Å². The van der Waals surface area contributed by atoms with E-state index in [1.807, 2.05) is 80.7 Å². The molecule has 1 spiro atoms. The zero-order valence-electron chi connectivity index (χ0n) is 23.0. The fourth-order valence-corrected chi connectivity index (χ4v) is 5.33. The maximum Gasteiger partial charge on any atom is 0.325 e. The molecule has 1 aromatic heterocycles. The van der Waals surface area contributed by atoms with Gasteiger partial charge in [0.1, 0.15) is 5.54 Å². The quantitative estimate of drug-likeness (QED) is 0.382. The molecule has 3 heterocycles. The summed E-state index contributed by atoms with van der Waals surface area (Å²) in [6, 6.07) is 19.2. The Bertz CT molecular complexity index is 1290. The molecule has 0 aliphatic carbocycles. The lowest BCUT2D eigenvalue weighted by atomic mass is 9.87. The van der Waals surface area contributed by atoms with E-state index in [9.17, 15) is 14.4 Å². The molecule has 1 atom stereocenters. The highest BCUT2D eigenvalue weighted by Gasteiger charge is 2.52. The second-order valence-electron chi connectivity index (χ2n) is 10.8. The number of rotatable bonds is 9. The Kier molecular flexibility index (Phi) is 9.27. The number of hydrogen-bond donors (Lipinski definition) is 2. The minimum atomic E-state index is -0.840. The van der Waals surface area contributed by atoms with Gasteiger partial charge in [0.2, 0.25) is 5.91 Å². The Morgan fingerprint density at radius 1 is 1.02 bits per heavy atom. The monoisotopic (exact) mass is 564 g/mol. The first-order valence-electron chi connectivity index (χ1n) is 13.7. The Hall–Kier alpha value is -3.69. The molecule has 9 nitrogen and oxygen atoms in total. The number of hydrogen-bond acceptors (Lipinski definition) is 5. The van der Waals surface area contributed by atoms with Crippen molar-refractivity contribution in [1.82, 2.24) is 30.2 Å². The number of nitrogens with one attached hydrogen (secondary N) is 2. The van der Waals surface area contributed by atoms with E-state index < -0.39 is 5.54 Å². The summed E-state index contributed by atoms with van der Waals surface area (Å²) < 4.78 is 1.76. The molecule has 0 saturated carbocycles. The van der Waals surface area contributed by atoms with Crippen molar-refractivity contribution in [1.29, 1.82) is 0 Å². The number of amides is 4. The van der Waals surface area contributed by atoms with Gasteiger partial charge in [0, 0.05) is 37.9 Å². The van der Waals surface area contributed by atoms with E-state index >= 15 is 0 Å². The fourth-order valence-electron chi connectivity index (χ4n) is 5.33. The van der Waals surface area contributed by atoms with Crippen LogP contribution < -0.4 is 10.6 Å². The van der Waals surface area contributed by atoms with Crippen molar-refractivity contribution in [3.8, 4) is 5.69 Å². The van der Waals surface area contributed by atoms with Gasteiger partial charge in [-0.2, -0.15) is 5.10 Å². The molecule has 10 heteroatoms. The third kappa shape index (κ3) is 6.37. The van der Waals surface area contributed by atoms with Crippen molar-refractivity contribution in [3.63, 3.8) is 0 Å². The first-order valence-corrected chi connectivity index (χ1v) is 13.7. The molecular formula is C30H37ClN6O3. The Balaban J connectivity index is 0.00000370. The van der Waals surface area contributed by atoms with Gasteiger partial charge in [-0.05, 0) is 48.6 Å². The average molecular weight is 565 g/mol. The van der Waals surface area contributed by atoms with Gasteiger partial charge in [-0.1, -0.05) is 56.3 Å². The SMILES string of the molecule is CC(C)C(=O)N[C@@H](CCN1CCC2(CC1)NC(=O)N(Cc1ccc(-n3cccn3)cc1)C2=O)c1ccccc1.Cl. The first kappa shape index (κ1) is 29.3. The summed E-state index contributed by atoms with van der Waals surface area (Å²) in [5, 5.41) is 10.4. The summed E-state index contributed by atoms with van der Waals surface area (Å²) in [5.41, 5.74) is 2.06. The summed E-state index contributed by atoms with van der Waals surface area (Å²) in [5.74, 6) is -0.188. The number of carbonyl (C=O) groups is 3. The number of piperidine rings is 1. The summed E-state index contributed by atoms with van der Waals surface area (Å²) in [4.78, 5) is 42.4. The lowest BCUT2D eigenvalue weighted by Gasteiger charge is -2.37. The minimum absolute atomic E-state index is 0. The van der Waals surface area contributed by atoms with Crippen molar-refractivity contribution >= 4 is 30.3 Å². The van der Waals surface area contributed by atoms with Crippen LogP contribution in [0.25, 0.3) is 5.69 Å². The molecule has 2 fully saturated rings. The van der Waals surface area contributed by atoms with Crippen LogP contribution in [-0.2, 0) is 16.1 Å². The van der Waals surface area contributed by atoms with E-state index in [0.29, 0.717) is 25.9 Å². The Morgan fingerprint density at radius 3 is 2.35 bits per heavy atom. The number of likely N-dealkylation sites (tertiary alicyclic amines) is 1. The van der Waals surface area contributed by atoms with Crippen LogP contribution in [0.1, 0.15) is 50.3 Å². The van der Waals surface area contributed by atoms with Crippen LogP contribution in [0.4, 0.5) is 4.79 Å². The van der Waals surface area contributed by atoms with Crippen LogP contribution >= 0.6 is 12.4 Å². The number of carbonyl (C=O) groups excluding carboxylic acids is 3. The highest BCUT2D eigenvalue weighted by molar-refractivity contribution is 6.07. The number of halogens is 1. The lowest BCUT2D eigenvalue weighted by molar-refractivity contribution is -0.133. The number of aromatic nitrogens is 2. The van der Waals surface area contributed by atoms with Gasteiger partial charge >= 0.3 is 6.03 Å².